The molecule has 2 aromatic heterocycles. The summed E-state index contributed by atoms with van der Waals surface area (Å²) in [6, 6.07) is 1.52. The number of nitrogens with zero attached hydrogens (tertiary/aromatic N) is 3. The summed E-state index contributed by atoms with van der Waals surface area (Å²) < 4.78 is 27.5. The molecule has 1 aliphatic carbocycles. The number of fused-ring (bicyclic) bond motifs is 1. The van der Waals surface area contributed by atoms with Crippen molar-refractivity contribution in [2.75, 3.05) is 31.1 Å². The average Bonchev–Trinajstić information content (AvgIpc) is 3.52. The van der Waals surface area contributed by atoms with Gasteiger partial charge in [0.15, 0.2) is 5.82 Å². The molecular weight excluding hydrogens is 465 g/mol. The predicted octanol–water partition coefficient (Wildman–Crippen LogP) is 4.64. The number of hydrogen-bond donors (Lipinski definition) is 0. The van der Waals surface area contributed by atoms with Crippen LogP contribution in [0.3, 0.4) is 0 Å². The van der Waals surface area contributed by atoms with E-state index in [0.29, 0.717) is 42.8 Å². The smallest absolute Gasteiger partial charge is 0.410 e. The van der Waals surface area contributed by atoms with Crippen LogP contribution in [0.1, 0.15) is 81.3 Å². The van der Waals surface area contributed by atoms with Gasteiger partial charge in [-0.2, -0.15) is 0 Å². The van der Waals surface area contributed by atoms with Gasteiger partial charge in [-0.15, -0.1) is 0 Å². The Labute approximate surface area is 211 Å². The Kier molecular flexibility index (Phi) is 7.03. The van der Waals surface area contributed by atoms with Gasteiger partial charge in [0, 0.05) is 19.6 Å². The summed E-state index contributed by atoms with van der Waals surface area (Å²) >= 11 is 0. The lowest BCUT2D eigenvalue weighted by Crippen LogP contribution is -2.44. The fourth-order valence-electron chi connectivity index (χ4n) is 5.15. The van der Waals surface area contributed by atoms with Gasteiger partial charge in [0.25, 0.3) is 5.56 Å². The van der Waals surface area contributed by atoms with E-state index in [2.05, 4.69) is 0 Å². The molecule has 9 heteroatoms. The van der Waals surface area contributed by atoms with Crippen LogP contribution in [0, 0.1) is 12.7 Å². The first-order chi connectivity index (χ1) is 17.0. The molecule has 1 saturated carbocycles. The number of aryl methyl sites for hydroxylation is 1. The molecule has 0 aromatic carbocycles. The number of likely N-dealkylation sites (N-methyl/N-ethyl adjacent to an activating group) is 1. The second-order valence-electron chi connectivity index (χ2n) is 10.6. The zero-order valence-corrected chi connectivity index (χ0v) is 22.0. The van der Waals surface area contributed by atoms with Crippen molar-refractivity contribution in [2.45, 2.75) is 78.4 Å². The number of anilines is 1. The SMILES string of the molecule is CCOC(=O)c1cc(C2CC2)c2c(C)c(N3CC[C@H](N(CC)C(=O)OC(C)(C)C)C3)c(F)cn2c1=O. The molecule has 3 heterocycles. The highest BCUT2D eigenvalue weighted by Crippen LogP contribution is 2.44. The zero-order chi connectivity index (χ0) is 26.4. The molecule has 0 bridgehead atoms. The van der Waals surface area contributed by atoms with E-state index in [-0.39, 0.29) is 30.2 Å². The third-order valence-corrected chi connectivity index (χ3v) is 6.84. The molecule has 4 rings (SSSR count). The van der Waals surface area contributed by atoms with E-state index in [9.17, 15) is 14.4 Å². The van der Waals surface area contributed by atoms with Crippen LogP contribution < -0.4 is 10.5 Å². The third kappa shape index (κ3) is 4.92. The van der Waals surface area contributed by atoms with Crippen molar-refractivity contribution in [1.82, 2.24) is 9.30 Å². The topological polar surface area (TPSA) is 80.6 Å². The lowest BCUT2D eigenvalue weighted by Gasteiger charge is -2.31. The first kappa shape index (κ1) is 26.0. The average molecular weight is 502 g/mol. The monoisotopic (exact) mass is 501 g/mol. The molecular formula is C27H36FN3O5. The number of aromatic nitrogens is 1. The number of pyridine rings is 2. The van der Waals surface area contributed by atoms with Crippen LogP contribution >= 0.6 is 0 Å². The molecule has 1 aliphatic heterocycles. The predicted molar refractivity (Wildman–Crippen MR) is 136 cm³/mol. The number of amides is 1. The molecule has 0 unspecified atom stereocenters. The van der Waals surface area contributed by atoms with Gasteiger partial charge in [-0.25, -0.2) is 14.0 Å². The fourth-order valence-corrected chi connectivity index (χ4v) is 5.15. The van der Waals surface area contributed by atoms with Gasteiger partial charge < -0.3 is 19.3 Å². The summed E-state index contributed by atoms with van der Waals surface area (Å²) in [5, 5.41) is 0. The van der Waals surface area contributed by atoms with Gasteiger partial charge in [0.1, 0.15) is 11.2 Å². The van der Waals surface area contributed by atoms with Crippen molar-refractivity contribution in [3.05, 3.63) is 45.1 Å². The first-order valence-corrected chi connectivity index (χ1v) is 12.8. The van der Waals surface area contributed by atoms with Gasteiger partial charge in [-0.3, -0.25) is 9.20 Å². The van der Waals surface area contributed by atoms with Crippen LogP contribution in [0.2, 0.25) is 0 Å². The van der Waals surface area contributed by atoms with E-state index in [4.69, 9.17) is 9.47 Å². The summed E-state index contributed by atoms with van der Waals surface area (Å²) in [6.07, 6.45) is 3.40. The number of carbonyl (C=O) groups is 2. The highest BCUT2D eigenvalue weighted by molar-refractivity contribution is 5.90. The van der Waals surface area contributed by atoms with Crippen molar-refractivity contribution in [3.8, 4) is 0 Å². The summed E-state index contributed by atoms with van der Waals surface area (Å²) in [7, 11) is 0. The molecule has 1 saturated heterocycles. The molecule has 1 amide bonds. The summed E-state index contributed by atoms with van der Waals surface area (Å²) in [6.45, 7) is 12.6. The van der Waals surface area contributed by atoms with Crippen LogP contribution in [-0.2, 0) is 9.47 Å². The Balaban J connectivity index is 1.72. The quantitative estimate of drug-likeness (QED) is 0.537. The van der Waals surface area contributed by atoms with Crippen LogP contribution in [0.15, 0.2) is 17.1 Å². The van der Waals surface area contributed by atoms with Crippen LogP contribution in [-0.4, -0.2) is 59.2 Å². The number of esters is 1. The number of ether oxygens (including phenoxy) is 2. The second-order valence-corrected chi connectivity index (χ2v) is 10.6. The number of carbonyl (C=O) groups excluding carboxylic acids is 2. The highest BCUT2D eigenvalue weighted by Gasteiger charge is 2.36. The van der Waals surface area contributed by atoms with Gasteiger partial charge >= 0.3 is 12.1 Å². The molecule has 36 heavy (non-hydrogen) atoms. The van der Waals surface area contributed by atoms with E-state index >= 15 is 4.39 Å². The Bertz CT molecular complexity index is 1240. The van der Waals surface area contributed by atoms with Crippen molar-refractivity contribution in [2.24, 2.45) is 0 Å². The molecule has 0 radical (unpaired) electrons. The number of rotatable bonds is 6. The minimum atomic E-state index is -0.690. The lowest BCUT2D eigenvalue weighted by molar-refractivity contribution is 0.0190. The molecule has 2 aliphatic rings. The van der Waals surface area contributed by atoms with E-state index in [1.54, 1.807) is 17.9 Å². The van der Waals surface area contributed by atoms with Crippen molar-refractivity contribution in [1.29, 1.82) is 0 Å². The highest BCUT2D eigenvalue weighted by atomic mass is 19.1. The maximum Gasteiger partial charge on any atom is 0.410 e. The molecule has 196 valence electrons. The van der Waals surface area contributed by atoms with Gasteiger partial charge in [0.2, 0.25) is 0 Å². The minimum Gasteiger partial charge on any atom is -0.462 e. The maximum atomic E-state index is 15.6. The first-order valence-electron chi connectivity index (χ1n) is 12.8. The minimum absolute atomic E-state index is 0.0695. The molecule has 0 spiro atoms. The summed E-state index contributed by atoms with van der Waals surface area (Å²) in [4.78, 5) is 42.0. The van der Waals surface area contributed by atoms with E-state index in [1.807, 2.05) is 39.5 Å². The Morgan fingerprint density at radius 3 is 2.47 bits per heavy atom. The molecule has 2 aromatic rings. The molecule has 8 nitrogen and oxygen atoms in total. The van der Waals surface area contributed by atoms with Crippen molar-refractivity contribution >= 4 is 23.3 Å². The lowest BCUT2D eigenvalue weighted by atomic mass is 10.0. The maximum absolute atomic E-state index is 15.6. The Hall–Kier alpha value is -3.10. The van der Waals surface area contributed by atoms with Gasteiger partial charge in [-0.05, 0) is 83.9 Å². The molecule has 1 atom stereocenters. The Morgan fingerprint density at radius 1 is 1.19 bits per heavy atom. The van der Waals surface area contributed by atoms with Crippen molar-refractivity contribution in [3.63, 3.8) is 0 Å². The fraction of sp³-hybridized carbons (Fsp3) is 0.593. The van der Waals surface area contributed by atoms with E-state index in [1.165, 1.54) is 10.6 Å². The standard InChI is InChI=1S/C27H36FN3O5/c1-7-30(26(34)36-27(4,5)6)18-11-12-29(14-18)23-16(3)22-19(17-9-10-17)13-20(25(33)35-8-2)24(32)31(22)15-21(23)28/h13,15,17-18H,7-12,14H2,1-6H3/t18-/m0/s1. The van der Waals surface area contributed by atoms with Gasteiger partial charge in [-0.1, -0.05) is 0 Å². The summed E-state index contributed by atoms with van der Waals surface area (Å²) in [5.41, 5.74) is 1.36. The van der Waals surface area contributed by atoms with E-state index < -0.39 is 22.9 Å². The number of halogens is 1. The largest absolute Gasteiger partial charge is 0.462 e. The molecule has 2 fully saturated rings. The normalized spacial score (nSPS) is 18.0. The number of hydrogen-bond acceptors (Lipinski definition) is 6. The van der Waals surface area contributed by atoms with Gasteiger partial charge in [0.05, 0.1) is 30.0 Å². The van der Waals surface area contributed by atoms with Crippen LogP contribution in [0.4, 0.5) is 14.9 Å². The van der Waals surface area contributed by atoms with Crippen molar-refractivity contribution < 1.29 is 23.5 Å². The van der Waals surface area contributed by atoms with Crippen LogP contribution in [0.5, 0.6) is 0 Å². The third-order valence-electron chi connectivity index (χ3n) is 6.84. The Morgan fingerprint density at radius 2 is 1.89 bits per heavy atom. The van der Waals surface area contributed by atoms with E-state index in [0.717, 1.165) is 18.4 Å². The zero-order valence-electron chi connectivity index (χ0n) is 22.0. The molecule has 0 N–H and O–H groups in total. The second kappa shape index (κ2) is 9.75. The summed E-state index contributed by atoms with van der Waals surface area (Å²) in [5.74, 6) is -1.00. The van der Waals surface area contributed by atoms with Crippen LogP contribution in [0.25, 0.3) is 5.52 Å².